The number of sulfonamides is 1. The fraction of sp³-hybridized carbons (Fsp3) is 0.280. The molecule has 1 saturated heterocycles. The quantitative estimate of drug-likeness (QED) is 0.495. The Balaban J connectivity index is 1.71. The molecule has 0 radical (unpaired) electrons. The van der Waals surface area contributed by atoms with Gasteiger partial charge < -0.3 is 4.90 Å². The second-order valence-corrected chi connectivity index (χ2v) is 11.6. The molecule has 0 bridgehead atoms. The van der Waals surface area contributed by atoms with Crippen molar-refractivity contribution in [2.45, 2.75) is 36.2 Å². The van der Waals surface area contributed by atoms with E-state index in [1.165, 1.54) is 5.56 Å². The van der Waals surface area contributed by atoms with Gasteiger partial charge >= 0.3 is 0 Å². The molecule has 4 nitrogen and oxygen atoms in total. The van der Waals surface area contributed by atoms with Gasteiger partial charge in [0.15, 0.2) is 0 Å². The summed E-state index contributed by atoms with van der Waals surface area (Å²) in [6.07, 6.45) is -0.298. The van der Waals surface area contributed by atoms with E-state index in [4.69, 9.17) is 0 Å². The summed E-state index contributed by atoms with van der Waals surface area (Å²) in [5.41, 5.74) is 4.10. The zero-order valence-corrected chi connectivity index (χ0v) is 20.2. The van der Waals surface area contributed by atoms with E-state index >= 15 is 0 Å². The average Bonchev–Trinajstić information content (AvgIpc) is 3.19. The molecule has 3 aromatic rings. The molecule has 0 aromatic heterocycles. The number of anilines is 1. The van der Waals surface area contributed by atoms with Gasteiger partial charge in [-0.1, -0.05) is 70.9 Å². The maximum atomic E-state index is 13.9. The number of aryl methyl sites for hydroxylation is 1. The van der Waals surface area contributed by atoms with Crippen LogP contribution < -0.4 is 4.90 Å². The molecular formula is C25H25BrN2O2S. The summed E-state index contributed by atoms with van der Waals surface area (Å²) in [5, 5.41) is 0. The summed E-state index contributed by atoms with van der Waals surface area (Å²) < 4.78 is 30.4. The van der Waals surface area contributed by atoms with Crippen LogP contribution in [0.25, 0.3) is 0 Å². The molecular weight excluding hydrogens is 472 g/mol. The number of nitrogens with zero attached hydrogens (tertiary/aromatic N) is 2. The minimum atomic E-state index is -3.67. The van der Waals surface area contributed by atoms with Crippen molar-refractivity contribution < 1.29 is 8.42 Å². The monoisotopic (exact) mass is 496 g/mol. The summed E-state index contributed by atoms with van der Waals surface area (Å²) in [6, 6.07) is 23.7. The summed E-state index contributed by atoms with van der Waals surface area (Å²) in [6.45, 7) is 4.63. The van der Waals surface area contributed by atoms with E-state index in [1.54, 1.807) is 16.4 Å². The Hall–Kier alpha value is -2.15. The molecule has 3 atom stereocenters. The van der Waals surface area contributed by atoms with Gasteiger partial charge in [0.1, 0.15) is 6.17 Å². The fourth-order valence-corrected chi connectivity index (χ4v) is 7.54. The van der Waals surface area contributed by atoms with Crippen molar-refractivity contribution in [1.29, 1.82) is 0 Å². The summed E-state index contributed by atoms with van der Waals surface area (Å²) in [7, 11) is -1.66. The molecule has 0 spiro atoms. The molecule has 0 N–H and O–H groups in total. The smallest absolute Gasteiger partial charge is 0.244 e. The molecule has 3 aromatic carbocycles. The van der Waals surface area contributed by atoms with Crippen LogP contribution >= 0.6 is 15.9 Å². The van der Waals surface area contributed by atoms with Gasteiger partial charge in [-0.25, -0.2) is 8.42 Å². The molecule has 31 heavy (non-hydrogen) atoms. The summed E-state index contributed by atoms with van der Waals surface area (Å²) in [5.74, 6) is 0.0388. The molecule has 2 aliphatic heterocycles. The topological polar surface area (TPSA) is 40.6 Å². The zero-order chi connectivity index (χ0) is 22.0. The molecule has 2 heterocycles. The average molecular weight is 497 g/mol. The van der Waals surface area contributed by atoms with Gasteiger partial charge in [-0.2, -0.15) is 4.31 Å². The Bertz CT molecular complexity index is 1240. The third kappa shape index (κ3) is 2.99. The lowest BCUT2D eigenvalue weighted by atomic mass is 9.71. The fourth-order valence-electron chi connectivity index (χ4n) is 5.46. The second-order valence-electron chi connectivity index (χ2n) is 8.78. The predicted octanol–water partition coefficient (Wildman–Crippen LogP) is 5.28. The van der Waals surface area contributed by atoms with Crippen LogP contribution in [0.1, 0.15) is 29.5 Å². The Kier molecular flexibility index (Phi) is 4.81. The van der Waals surface area contributed by atoms with Crippen LogP contribution in [0.4, 0.5) is 5.69 Å². The Labute approximate surface area is 192 Å². The van der Waals surface area contributed by atoms with Crippen molar-refractivity contribution in [3.8, 4) is 0 Å². The van der Waals surface area contributed by atoms with E-state index in [2.05, 4.69) is 52.0 Å². The first-order valence-corrected chi connectivity index (χ1v) is 12.6. The zero-order valence-electron chi connectivity index (χ0n) is 17.8. The molecule has 0 saturated carbocycles. The number of likely N-dealkylation sites (N-methyl/N-ethyl adjacent to an activating group) is 1. The Morgan fingerprint density at radius 1 is 1.00 bits per heavy atom. The van der Waals surface area contributed by atoms with Crippen LogP contribution in [0.15, 0.2) is 82.2 Å². The van der Waals surface area contributed by atoms with Crippen molar-refractivity contribution >= 4 is 31.6 Å². The van der Waals surface area contributed by atoms with E-state index < -0.39 is 10.0 Å². The molecule has 0 aliphatic carbocycles. The van der Waals surface area contributed by atoms with Crippen molar-refractivity contribution in [3.63, 3.8) is 0 Å². The highest BCUT2D eigenvalue weighted by molar-refractivity contribution is 9.10. The number of rotatable bonds is 3. The lowest BCUT2D eigenvalue weighted by molar-refractivity contribution is 0.324. The highest BCUT2D eigenvalue weighted by Crippen LogP contribution is 2.58. The van der Waals surface area contributed by atoms with Crippen LogP contribution in [0, 0.1) is 6.92 Å². The van der Waals surface area contributed by atoms with Crippen molar-refractivity contribution in [2.75, 3.05) is 18.5 Å². The van der Waals surface area contributed by atoms with Gasteiger partial charge in [0, 0.05) is 35.1 Å². The standard InChI is InChI=1S/C25H25BrN2O2S/c1-17-9-12-20(13-10-17)31(29,30)28-16-22(18-7-5-4-6-8-18)25(2)21-15-19(26)11-14-23(21)27(3)24(25)28/h4-15,22,24H,16H2,1-3H3/t22-,24-,25+/m0/s1. The number of halogens is 1. The first-order chi connectivity index (χ1) is 14.7. The molecule has 1 fully saturated rings. The lowest BCUT2D eigenvalue weighted by Gasteiger charge is -2.35. The molecule has 5 rings (SSSR count). The molecule has 160 valence electrons. The van der Waals surface area contributed by atoms with E-state index in [0.717, 1.165) is 21.3 Å². The first kappa shape index (κ1) is 20.7. The molecule has 6 heteroatoms. The normalized spacial score (nSPS) is 25.5. The largest absolute Gasteiger partial charge is 0.357 e. The van der Waals surface area contributed by atoms with Gasteiger partial charge in [-0.05, 0) is 48.4 Å². The van der Waals surface area contributed by atoms with Crippen molar-refractivity contribution in [2.24, 2.45) is 0 Å². The van der Waals surface area contributed by atoms with E-state index in [1.807, 2.05) is 50.4 Å². The van der Waals surface area contributed by atoms with Crippen LogP contribution in [0.2, 0.25) is 0 Å². The maximum absolute atomic E-state index is 13.9. The number of hydrogen-bond donors (Lipinski definition) is 0. The van der Waals surface area contributed by atoms with Gasteiger partial charge in [-0.3, -0.25) is 0 Å². The SMILES string of the molecule is Cc1ccc(S(=O)(=O)N2C[C@@H](c3ccccc3)[C@@]3(C)c4cc(Br)ccc4N(C)[C@@H]23)cc1. The van der Waals surface area contributed by atoms with E-state index in [-0.39, 0.29) is 17.5 Å². The minimum absolute atomic E-state index is 0.0388. The van der Waals surface area contributed by atoms with Crippen LogP contribution in [0.3, 0.4) is 0 Å². The number of fused-ring (bicyclic) bond motifs is 3. The third-order valence-corrected chi connectivity index (χ3v) is 9.34. The minimum Gasteiger partial charge on any atom is -0.357 e. The van der Waals surface area contributed by atoms with E-state index in [0.29, 0.717) is 11.4 Å². The molecule has 0 unspecified atom stereocenters. The summed E-state index contributed by atoms with van der Waals surface area (Å²) in [4.78, 5) is 2.48. The summed E-state index contributed by atoms with van der Waals surface area (Å²) >= 11 is 3.63. The predicted molar refractivity (Wildman–Crippen MR) is 128 cm³/mol. The number of benzene rings is 3. The van der Waals surface area contributed by atoms with E-state index in [9.17, 15) is 8.42 Å². The van der Waals surface area contributed by atoms with Crippen LogP contribution in [-0.2, 0) is 15.4 Å². The van der Waals surface area contributed by atoms with Crippen molar-refractivity contribution in [3.05, 3.63) is 94.0 Å². The van der Waals surface area contributed by atoms with Gasteiger partial charge in [-0.15, -0.1) is 0 Å². The maximum Gasteiger partial charge on any atom is 0.244 e. The molecule has 0 amide bonds. The van der Waals surface area contributed by atoms with Crippen LogP contribution in [-0.4, -0.2) is 32.5 Å². The van der Waals surface area contributed by atoms with Gasteiger partial charge in [0.2, 0.25) is 10.0 Å². The lowest BCUT2D eigenvalue weighted by Crippen LogP contribution is -2.49. The highest BCUT2D eigenvalue weighted by Gasteiger charge is 2.62. The second kappa shape index (κ2) is 7.19. The van der Waals surface area contributed by atoms with Gasteiger partial charge in [0.05, 0.1) is 4.90 Å². The Morgan fingerprint density at radius 2 is 1.68 bits per heavy atom. The van der Waals surface area contributed by atoms with Crippen LogP contribution in [0.5, 0.6) is 0 Å². The Morgan fingerprint density at radius 3 is 2.35 bits per heavy atom. The third-order valence-electron chi connectivity index (χ3n) is 7.01. The van der Waals surface area contributed by atoms with Gasteiger partial charge in [0.25, 0.3) is 0 Å². The number of hydrogen-bond acceptors (Lipinski definition) is 3. The first-order valence-electron chi connectivity index (χ1n) is 10.4. The molecule has 2 aliphatic rings. The highest BCUT2D eigenvalue weighted by atomic mass is 79.9. The van der Waals surface area contributed by atoms with Crippen molar-refractivity contribution in [1.82, 2.24) is 4.31 Å².